The van der Waals surface area contributed by atoms with E-state index in [9.17, 15) is 9.59 Å². The molecule has 5 nitrogen and oxygen atoms in total. The number of anilines is 2. The Hall–Kier alpha value is -2.67. The van der Waals surface area contributed by atoms with Gasteiger partial charge in [0.05, 0.1) is 21.3 Å². The zero-order valence-corrected chi connectivity index (χ0v) is 21.7. The van der Waals surface area contributed by atoms with Gasteiger partial charge in [0, 0.05) is 17.8 Å². The Labute approximate surface area is 215 Å². The quantitative estimate of drug-likeness (QED) is 0.298. The van der Waals surface area contributed by atoms with Crippen LogP contribution in [0, 0.1) is 0 Å². The highest BCUT2D eigenvalue weighted by molar-refractivity contribution is 7.80. The second kappa shape index (κ2) is 9.17. The van der Waals surface area contributed by atoms with Crippen LogP contribution in [0.1, 0.15) is 45.2 Å². The summed E-state index contributed by atoms with van der Waals surface area (Å²) in [5.41, 5.74) is 4.46. The summed E-state index contributed by atoms with van der Waals surface area (Å²) in [4.78, 5) is 29.7. The van der Waals surface area contributed by atoms with Gasteiger partial charge in [0.25, 0.3) is 11.8 Å². The Morgan fingerprint density at radius 3 is 2.50 bits per heavy atom. The minimum atomic E-state index is -0.537. The van der Waals surface area contributed by atoms with Crippen molar-refractivity contribution in [2.45, 2.75) is 39.7 Å². The Balaban J connectivity index is 1.74. The van der Waals surface area contributed by atoms with Gasteiger partial charge in [-0.25, -0.2) is 0 Å². The van der Waals surface area contributed by atoms with Crippen molar-refractivity contribution in [3.63, 3.8) is 0 Å². The zero-order chi connectivity index (χ0) is 24.8. The first-order valence-electron chi connectivity index (χ1n) is 11.0. The van der Waals surface area contributed by atoms with Crippen LogP contribution in [0.2, 0.25) is 10.0 Å². The number of carbonyl (C=O) groups excluding carboxylic acids is 2. The van der Waals surface area contributed by atoms with E-state index in [1.54, 1.807) is 24.3 Å². The fraction of sp³-hybridized carbons (Fsp3) is 0.269. The molecular formula is C26H25Cl2N3O2S. The van der Waals surface area contributed by atoms with Crippen LogP contribution in [0.5, 0.6) is 0 Å². The van der Waals surface area contributed by atoms with Gasteiger partial charge < -0.3 is 4.90 Å². The molecule has 2 amide bonds. The molecule has 4 rings (SSSR count). The van der Waals surface area contributed by atoms with Crippen molar-refractivity contribution >= 4 is 75.4 Å². The second-order valence-corrected chi connectivity index (χ2v) is 10.2. The van der Waals surface area contributed by atoms with E-state index in [-0.39, 0.29) is 21.2 Å². The molecule has 0 aliphatic carbocycles. The molecule has 1 N–H and O–H groups in total. The summed E-state index contributed by atoms with van der Waals surface area (Å²) in [6.45, 7) is 9.59. The monoisotopic (exact) mass is 513 g/mol. The fourth-order valence-corrected chi connectivity index (χ4v) is 5.08. The number of rotatable bonds is 4. The Bertz CT molecular complexity index is 1280. The number of benzene rings is 2. The summed E-state index contributed by atoms with van der Waals surface area (Å²) in [5.74, 6) is -1.06. The number of fused-ring (bicyclic) bond motifs is 1. The SMILES string of the molecule is CCCN1c2ccc(/C=C3/C(=O)NC(=S)N(c4ccc(Cl)c(Cl)c4)C3=O)cc2C(C)=CC1(C)C. The van der Waals surface area contributed by atoms with E-state index in [4.69, 9.17) is 35.4 Å². The minimum absolute atomic E-state index is 0.00723. The Morgan fingerprint density at radius 1 is 1.09 bits per heavy atom. The van der Waals surface area contributed by atoms with Crippen molar-refractivity contribution in [1.29, 1.82) is 0 Å². The molecule has 0 bridgehead atoms. The lowest BCUT2D eigenvalue weighted by molar-refractivity contribution is -0.122. The number of amides is 2. The number of thiocarbonyl (C=S) groups is 1. The largest absolute Gasteiger partial charge is 0.362 e. The van der Waals surface area contributed by atoms with Gasteiger partial charge >= 0.3 is 0 Å². The van der Waals surface area contributed by atoms with E-state index in [2.05, 4.69) is 50.1 Å². The van der Waals surface area contributed by atoms with E-state index in [1.807, 2.05) is 12.1 Å². The molecule has 1 fully saturated rings. The fourth-order valence-electron chi connectivity index (χ4n) is 4.51. The van der Waals surface area contributed by atoms with Crippen molar-refractivity contribution in [2.24, 2.45) is 0 Å². The molecular weight excluding hydrogens is 489 g/mol. The third kappa shape index (κ3) is 4.38. The maximum absolute atomic E-state index is 13.3. The van der Waals surface area contributed by atoms with Gasteiger partial charge in [0.1, 0.15) is 5.57 Å². The summed E-state index contributed by atoms with van der Waals surface area (Å²) in [5, 5.41) is 3.24. The lowest BCUT2D eigenvalue weighted by Gasteiger charge is -2.43. The highest BCUT2D eigenvalue weighted by Crippen LogP contribution is 2.39. The van der Waals surface area contributed by atoms with Crippen molar-refractivity contribution in [3.8, 4) is 0 Å². The lowest BCUT2D eigenvalue weighted by atomic mass is 9.87. The van der Waals surface area contributed by atoms with Gasteiger partial charge in [0.2, 0.25) is 0 Å². The predicted octanol–water partition coefficient (Wildman–Crippen LogP) is 6.24. The number of halogens is 2. The van der Waals surface area contributed by atoms with Crippen LogP contribution in [-0.2, 0) is 9.59 Å². The molecule has 176 valence electrons. The molecule has 8 heteroatoms. The molecule has 0 saturated carbocycles. The van der Waals surface area contributed by atoms with Crippen molar-refractivity contribution in [2.75, 3.05) is 16.3 Å². The number of allylic oxidation sites excluding steroid dienone is 1. The first kappa shape index (κ1) is 24.5. The summed E-state index contributed by atoms with van der Waals surface area (Å²) in [7, 11) is 0. The average molecular weight is 514 g/mol. The molecule has 0 spiro atoms. The van der Waals surface area contributed by atoms with Crippen molar-refractivity contribution < 1.29 is 9.59 Å². The van der Waals surface area contributed by atoms with Crippen LogP contribution >= 0.6 is 35.4 Å². The summed E-state index contributed by atoms with van der Waals surface area (Å²) >= 11 is 17.4. The minimum Gasteiger partial charge on any atom is -0.362 e. The van der Waals surface area contributed by atoms with Crippen LogP contribution in [0.3, 0.4) is 0 Å². The van der Waals surface area contributed by atoms with Crippen LogP contribution in [0.4, 0.5) is 11.4 Å². The summed E-state index contributed by atoms with van der Waals surface area (Å²) < 4.78 is 0. The van der Waals surface area contributed by atoms with Crippen molar-refractivity contribution in [3.05, 3.63) is 69.2 Å². The third-order valence-electron chi connectivity index (χ3n) is 6.02. The molecule has 0 aromatic heterocycles. The van der Waals surface area contributed by atoms with Gasteiger partial charge in [0.15, 0.2) is 5.11 Å². The van der Waals surface area contributed by atoms with E-state index >= 15 is 0 Å². The van der Waals surface area contributed by atoms with Crippen LogP contribution in [-0.4, -0.2) is 29.0 Å². The predicted molar refractivity (Wildman–Crippen MR) is 144 cm³/mol. The standard InChI is InChI=1S/C26H25Cl2N3O2S/c1-5-10-30-22-9-6-16(11-18(22)15(2)14-26(30,3)4)12-19-23(32)29-25(34)31(24(19)33)17-7-8-20(27)21(28)13-17/h6-9,11-14H,5,10H2,1-4H3,(H,29,32,34)/b19-12-. The highest BCUT2D eigenvalue weighted by atomic mass is 35.5. The molecule has 2 aliphatic rings. The maximum atomic E-state index is 13.3. The molecule has 0 atom stereocenters. The lowest BCUT2D eigenvalue weighted by Crippen LogP contribution is -2.54. The molecule has 2 heterocycles. The normalized spacial score (nSPS) is 18.7. The van der Waals surface area contributed by atoms with Crippen LogP contribution in [0.25, 0.3) is 11.6 Å². The van der Waals surface area contributed by atoms with Crippen LogP contribution in [0.15, 0.2) is 48.0 Å². The van der Waals surface area contributed by atoms with Gasteiger partial charge in [-0.3, -0.25) is 19.8 Å². The summed E-state index contributed by atoms with van der Waals surface area (Å²) in [6.07, 6.45) is 4.88. The number of hydrogen-bond donors (Lipinski definition) is 1. The molecule has 1 saturated heterocycles. The molecule has 2 aromatic carbocycles. The topological polar surface area (TPSA) is 52.7 Å². The first-order chi connectivity index (χ1) is 16.0. The number of nitrogens with one attached hydrogen (secondary N) is 1. The molecule has 2 aromatic rings. The van der Waals surface area contributed by atoms with E-state index < -0.39 is 11.8 Å². The van der Waals surface area contributed by atoms with Crippen molar-refractivity contribution in [1.82, 2.24) is 5.32 Å². The molecule has 0 radical (unpaired) electrons. The van der Waals surface area contributed by atoms with Gasteiger partial charge in [-0.1, -0.05) is 42.3 Å². The number of carbonyl (C=O) groups is 2. The number of hydrogen-bond acceptors (Lipinski definition) is 4. The molecule has 0 unspecified atom stereocenters. The molecule has 34 heavy (non-hydrogen) atoms. The smallest absolute Gasteiger partial charge is 0.270 e. The third-order valence-corrected chi connectivity index (χ3v) is 7.05. The van der Waals surface area contributed by atoms with Crippen LogP contribution < -0.4 is 15.1 Å². The summed E-state index contributed by atoms with van der Waals surface area (Å²) in [6, 6.07) is 10.8. The number of nitrogens with zero attached hydrogens (tertiary/aromatic N) is 2. The zero-order valence-electron chi connectivity index (χ0n) is 19.4. The van der Waals surface area contributed by atoms with Gasteiger partial charge in [-0.05, 0) is 87.0 Å². The average Bonchev–Trinajstić information content (AvgIpc) is 2.76. The van der Waals surface area contributed by atoms with E-state index in [0.717, 1.165) is 35.4 Å². The Morgan fingerprint density at radius 2 is 1.82 bits per heavy atom. The van der Waals surface area contributed by atoms with Gasteiger partial charge in [-0.2, -0.15) is 0 Å². The molecule has 2 aliphatic heterocycles. The highest BCUT2D eigenvalue weighted by Gasteiger charge is 2.35. The maximum Gasteiger partial charge on any atom is 0.270 e. The second-order valence-electron chi connectivity index (χ2n) is 8.97. The van der Waals surface area contributed by atoms with Gasteiger partial charge in [-0.15, -0.1) is 0 Å². The first-order valence-corrected chi connectivity index (χ1v) is 12.2. The Kier molecular flexibility index (Phi) is 6.60. The van der Waals surface area contributed by atoms with E-state index in [1.165, 1.54) is 4.90 Å². The van der Waals surface area contributed by atoms with E-state index in [0.29, 0.717) is 10.7 Å².